The number of aliphatic carboxylic acids is 1. The molecule has 3 aliphatic carbocycles. The van der Waals surface area contributed by atoms with Crippen LogP contribution in [0.15, 0.2) is 34.9 Å². The van der Waals surface area contributed by atoms with Crippen molar-refractivity contribution in [2.45, 2.75) is 109 Å². The molecule has 7 rings (SSSR count). The highest BCUT2D eigenvalue weighted by atomic mass is 16.6. The number of ether oxygens (including phenoxy) is 4. The van der Waals surface area contributed by atoms with Crippen LogP contribution in [0.3, 0.4) is 0 Å². The molecule has 9 nitrogen and oxygen atoms in total. The summed E-state index contributed by atoms with van der Waals surface area (Å²) < 4.78 is 26.1. The highest BCUT2D eigenvalue weighted by molar-refractivity contribution is 6.20. The number of phenols is 1. The number of rotatable bonds is 6. The van der Waals surface area contributed by atoms with Crippen molar-refractivity contribution in [3.05, 3.63) is 51.6 Å². The molecule has 0 unspecified atom stereocenters. The van der Waals surface area contributed by atoms with Crippen LogP contribution in [-0.4, -0.2) is 63.4 Å². The number of carboxylic acid groups (broad SMARTS) is 1. The van der Waals surface area contributed by atoms with Gasteiger partial charge in [-0.1, -0.05) is 31.6 Å². The van der Waals surface area contributed by atoms with Crippen LogP contribution in [0, 0.1) is 5.92 Å². The van der Waals surface area contributed by atoms with Gasteiger partial charge in [-0.25, -0.2) is 4.79 Å². The van der Waals surface area contributed by atoms with Gasteiger partial charge in [-0.05, 0) is 60.5 Å². The Labute approximate surface area is 251 Å². The molecular weight excluding hydrogens is 552 g/mol. The van der Waals surface area contributed by atoms with Gasteiger partial charge in [0.15, 0.2) is 17.0 Å². The van der Waals surface area contributed by atoms with Gasteiger partial charge in [0.05, 0.1) is 5.60 Å². The molecule has 3 aliphatic heterocycles. The Hall–Kier alpha value is -3.43. The fourth-order valence-corrected chi connectivity index (χ4v) is 8.02. The summed E-state index contributed by atoms with van der Waals surface area (Å²) in [5, 5.41) is 21.4. The summed E-state index contributed by atoms with van der Waals surface area (Å²) in [5.74, 6) is -2.05. The third-order valence-electron chi connectivity index (χ3n) is 10.7. The first-order chi connectivity index (χ1) is 19.9. The average molecular weight is 593 g/mol. The Balaban J connectivity index is 1.70. The van der Waals surface area contributed by atoms with Crippen molar-refractivity contribution in [3.63, 3.8) is 0 Å². The van der Waals surface area contributed by atoms with Gasteiger partial charge in [-0.3, -0.25) is 9.59 Å². The second-order valence-corrected chi connectivity index (χ2v) is 14.0. The first kappa shape index (κ1) is 29.6. The van der Waals surface area contributed by atoms with Crippen molar-refractivity contribution in [1.29, 1.82) is 0 Å². The highest BCUT2D eigenvalue weighted by Gasteiger charge is 2.84. The molecule has 1 aromatic carbocycles. The van der Waals surface area contributed by atoms with Gasteiger partial charge in [0.2, 0.25) is 5.78 Å². The lowest BCUT2D eigenvalue weighted by Gasteiger charge is -2.59. The molecule has 9 heteroatoms. The van der Waals surface area contributed by atoms with Gasteiger partial charge in [0.1, 0.15) is 34.5 Å². The molecule has 3 heterocycles. The summed E-state index contributed by atoms with van der Waals surface area (Å²) in [5.41, 5.74) is -3.91. The van der Waals surface area contributed by atoms with Crippen LogP contribution in [0.25, 0.3) is 0 Å². The lowest BCUT2D eigenvalue weighted by Crippen LogP contribution is -2.77. The molecule has 1 spiro atoms. The second kappa shape index (κ2) is 8.82. The van der Waals surface area contributed by atoms with E-state index in [0.717, 1.165) is 5.57 Å². The Morgan fingerprint density at radius 3 is 2.40 bits per heavy atom. The van der Waals surface area contributed by atoms with Crippen molar-refractivity contribution < 1.29 is 43.5 Å². The van der Waals surface area contributed by atoms with Gasteiger partial charge < -0.3 is 29.2 Å². The van der Waals surface area contributed by atoms with E-state index in [9.17, 15) is 24.6 Å². The maximum atomic E-state index is 14.8. The lowest BCUT2D eigenvalue weighted by atomic mass is 9.49. The Morgan fingerprint density at radius 2 is 1.79 bits per heavy atom. The number of methoxy groups -OCH3 is 1. The summed E-state index contributed by atoms with van der Waals surface area (Å²) in [6, 6.07) is 0. The largest absolute Gasteiger partial charge is 0.507 e. The van der Waals surface area contributed by atoms with Gasteiger partial charge in [-0.15, -0.1) is 0 Å². The highest BCUT2D eigenvalue weighted by Crippen LogP contribution is 2.70. The average Bonchev–Trinajstić information content (AvgIpc) is 3.25. The van der Waals surface area contributed by atoms with E-state index in [-0.39, 0.29) is 47.2 Å². The minimum absolute atomic E-state index is 0.0365. The van der Waals surface area contributed by atoms with E-state index in [0.29, 0.717) is 23.3 Å². The molecule has 43 heavy (non-hydrogen) atoms. The third kappa shape index (κ3) is 3.43. The molecule has 2 N–H and O–H groups in total. The Morgan fingerprint density at radius 1 is 1.12 bits per heavy atom. The van der Waals surface area contributed by atoms with Crippen LogP contribution in [0.5, 0.6) is 17.2 Å². The van der Waals surface area contributed by atoms with Crippen LogP contribution in [0.4, 0.5) is 0 Å². The minimum Gasteiger partial charge on any atom is -0.507 e. The molecule has 230 valence electrons. The topological polar surface area (TPSA) is 129 Å². The summed E-state index contributed by atoms with van der Waals surface area (Å²) in [4.78, 5) is 41.2. The molecule has 4 bridgehead atoms. The zero-order valence-electron chi connectivity index (χ0n) is 26.3. The Kier molecular flexibility index (Phi) is 6.08. The van der Waals surface area contributed by atoms with Gasteiger partial charge in [0, 0.05) is 47.1 Å². The minimum atomic E-state index is -1.76. The molecule has 1 saturated heterocycles. The van der Waals surface area contributed by atoms with E-state index in [4.69, 9.17) is 18.9 Å². The number of benzene rings is 1. The molecule has 0 amide bonds. The van der Waals surface area contributed by atoms with Crippen LogP contribution in [-0.2, 0) is 30.9 Å². The van der Waals surface area contributed by atoms with Crippen molar-refractivity contribution in [1.82, 2.24) is 0 Å². The number of hydrogen-bond donors (Lipinski definition) is 2. The van der Waals surface area contributed by atoms with Crippen molar-refractivity contribution >= 4 is 17.5 Å². The van der Waals surface area contributed by atoms with E-state index in [1.165, 1.54) is 20.1 Å². The molecule has 0 aromatic heterocycles. The number of carbonyl (C=O) groups excluding carboxylic acids is 2. The molecule has 1 saturated carbocycles. The monoisotopic (exact) mass is 592 g/mol. The lowest BCUT2D eigenvalue weighted by molar-refractivity contribution is -0.190. The number of aromatic hydroxyl groups is 1. The van der Waals surface area contributed by atoms with Crippen molar-refractivity contribution in [3.8, 4) is 17.2 Å². The van der Waals surface area contributed by atoms with E-state index < -0.39 is 51.3 Å². The van der Waals surface area contributed by atoms with E-state index in [1.807, 2.05) is 54.5 Å². The van der Waals surface area contributed by atoms with Crippen molar-refractivity contribution in [2.75, 3.05) is 7.11 Å². The van der Waals surface area contributed by atoms with Gasteiger partial charge in [-0.2, -0.15) is 0 Å². The fraction of sp³-hybridized carbons (Fsp3) is 0.559. The summed E-state index contributed by atoms with van der Waals surface area (Å²) in [6.07, 6.45) is 5.11. The number of ketones is 2. The Bertz CT molecular complexity index is 1600. The quantitative estimate of drug-likeness (QED) is 0.340. The molecule has 6 aliphatic rings. The molecule has 2 fully saturated rings. The van der Waals surface area contributed by atoms with Crippen LogP contribution in [0.1, 0.15) is 89.7 Å². The number of allylic oxidation sites excluding steroid dienone is 2. The van der Waals surface area contributed by atoms with Gasteiger partial charge in [0.25, 0.3) is 0 Å². The maximum Gasteiger partial charge on any atom is 0.330 e. The normalized spacial score (nSPS) is 34.1. The van der Waals surface area contributed by atoms with E-state index >= 15 is 0 Å². The standard InChI is InChI=1S/C34H40O9/c1-16(2)10-11-19-24(35)22-25(36)20-14-32(40-9)15-21-31(7,8)43-33(29(32)39,13-12-17(3)28(37)38)34(20,21)42-27(22)23-26(19)41-18(4)30(23,5)6/h10,12,14,18,21,35H,11,13,15H2,1-9H3,(H,37,38)/b17-12+/t18-,21-,32-,33-,34+/m0/s1. The SMILES string of the molecule is CO[C@@]12C=C3C(=O)c4c(O)c(CC=C(C)C)c5c(c4O[C@@]34[C@@H](C1)C(C)(C)O[C@@]4(C/C=C(\C)C(=O)O)C2=O)C(C)(C)[C@H](C)O5. The predicted octanol–water partition coefficient (Wildman–Crippen LogP) is 5.16. The molecule has 0 radical (unpaired) electrons. The molecular formula is C34H40O9. The number of fused-ring (bicyclic) bond motifs is 3. The summed E-state index contributed by atoms with van der Waals surface area (Å²) >= 11 is 0. The second-order valence-electron chi connectivity index (χ2n) is 14.0. The maximum absolute atomic E-state index is 14.8. The zero-order valence-corrected chi connectivity index (χ0v) is 26.3. The fourth-order valence-electron chi connectivity index (χ4n) is 8.02. The molecule has 1 aromatic rings. The van der Waals surface area contributed by atoms with Crippen LogP contribution in [0.2, 0.25) is 0 Å². The predicted molar refractivity (Wildman–Crippen MR) is 157 cm³/mol. The smallest absolute Gasteiger partial charge is 0.330 e. The summed E-state index contributed by atoms with van der Waals surface area (Å²) in [7, 11) is 1.43. The van der Waals surface area contributed by atoms with Crippen LogP contribution >= 0.6 is 0 Å². The number of Topliss-reactive ketones (excluding diaryl/α,β-unsaturated/α-hetero) is 2. The van der Waals surface area contributed by atoms with Crippen molar-refractivity contribution in [2.24, 2.45) is 5.92 Å². The number of carbonyl (C=O) groups is 3. The number of hydrogen-bond acceptors (Lipinski definition) is 8. The summed E-state index contributed by atoms with van der Waals surface area (Å²) in [6.45, 7) is 15.1. The van der Waals surface area contributed by atoms with Crippen LogP contribution < -0.4 is 9.47 Å². The van der Waals surface area contributed by atoms with E-state index in [1.54, 1.807) is 6.08 Å². The number of carboxylic acids is 1. The zero-order chi connectivity index (χ0) is 31.7. The van der Waals surface area contributed by atoms with E-state index in [2.05, 4.69) is 0 Å². The molecule has 5 atom stereocenters. The first-order valence-electron chi connectivity index (χ1n) is 14.8. The number of phenolic OH excluding ortho intramolecular Hbond substituents is 1. The van der Waals surface area contributed by atoms with Gasteiger partial charge >= 0.3 is 5.97 Å². The first-order valence-corrected chi connectivity index (χ1v) is 14.8. The third-order valence-corrected chi connectivity index (χ3v) is 10.7.